The fourth-order valence-corrected chi connectivity index (χ4v) is 2.98. The maximum atomic E-state index is 12.7. The Labute approximate surface area is 194 Å². The minimum atomic E-state index is -1.52. The number of phenols is 4. The van der Waals surface area contributed by atoms with E-state index in [9.17, 15) is 44.8 Å². The minimum absolute atomic E-state index is 0.0519. The molecule has 0 atom stereocenters. The summed E-state index contributed by atoms with van der Waals surface area (Å²) in [6.07, 6.45) is 0. The lowest BCUT2D eigenvalue weighted by Gasteiger charge is -2.16. The van der Waals surface area contributed by atoms with Crippen molar-refractivity contribution in [1.29, 1.82) is 0 Å². The van der Waals surface area contributed by atoms with Gasteiger partial charge in [0.15, 0.2) is 0 Å². The van der Waals surface area contributed by atoms with E-state index in [4.69, 9.17) is 10.2 Å². The number of amides is 2. The van der Waals surface area contributed by atoms with E-state index in [1.807, 2.05) is 0 Å². The summed E-state index contributed by atoms with van der Waals surface area (Å²) in [6.45, 7) is 0. The second-order valence-electron chi connectivity index (χ2n) is 7.04. The molecular weight excluding hydrogens is 468 g/mol. The van der Waals surface area contributed by atoms with Crippen molar-refractivity contribution in [1.82, 2.24) is 0 Å². The van der Waals surface area contributed by atoms with Crippen LogP contribution < -0.4 is 10.4 Å². The van der Waals surface area contributed by atoms with Crippen molar-refractivity contribution in [2.75, 3.05) is 10.4 Å². The van der Waals surface area contributed by atoms with E-state index in [2.05, 4.69) is 5.32 Å². The molecule has 0 aromatic heterocycles. The van der Waals surface area contributed by atoms with Crippen LogP contribution in [-0.4, -0.2) is 59.6 Å². The lowest BCUT2D eigenvalue weighted by molar-refractivity contribution is 0.0682. The molecule has 13 nitrogen and oxygen atoms in total. The van der Waals surface area contributed by atoms with E-state index in [0.717, 1.165) is 42.5 Å². The summed E-state index contributed by atoms with van der Waals surface area (Å²) in [7, 11) is 0. The lowest BCUT2D eigenvalue weighted by atomic mass is 10.1. The van der Waals surface area contributed by atoms with Crippen molar-refractivity contribution >= 4 is 35.1 Å². The number of carboxylic acid groups (broad SMARTS) is 2. The number of aromatic carboxylic acids is 2. The first kappa shape index (κ1) is 24.3. The Kier molecular flexibility index (Phi) is 6.46. The third kappa shape index (κ3) is 5.04. The van der Waals surface area contributed by atoms with Crippen LogP contribution in [-0.2, 0) is 0 Å². The largest absolute Gasteiger partial charge is 0.508 e. The Morgan fingerprint density at radius 3 is 1.89 bits per heavy atom. The van der Waals surface area contributed by atoms with Crippen LogP contribution in [0.5, 0.6) is 23.0 Å². The van der Waals surface area contributed by atoms with Gasteiger partial charge in [0.25, 0.3) is 11.8 Å². The van der Waals surface area contributed by atoms with E-state index >= 15 is 0 Å². The number of nitrogens with zero attached hydrogens (tertiary/aromatic N) is 1. The van der Waals surface area contributed by atoms with Gasteiger partial charge < -0.3 is 36.0 Å². The van der Waals surface area contributed by atoms with Gasteiger partial charge in [-0.2, -0.15) is 5.06 Å². The van der Waals surface area contributed by atoms with Crippen molar-refractivity contribution in [2.24, 2.45) is 0 Å². The predicted molar refractivity (Wildman–Crippen MR) is 116 cm³/mol. The Balaban J connectivity index is 1.88. The zero-order chi connectivity index (χ0) is 26.0. The molecule has 0 heterocycles. The zero-order valence-electron chi connectivity index (χ0n) is 17.3. The molecule has 3 aromatic carbocycles. The van der Waals surface area contributed by atoms with Crippen LogP contribution in [0.25, 0.3) is 0 Å². The topological polar surface area (TPSA) is 225 Å². The van der Waals surface area contributed by atoms with Crippen LogP contribution in [0.4, 0.5) is 11.4 Å². The molecule has 0 aliphatic heterocycles. The Morgan fingerprint density at radius 1 is 0.686 bits per heavy atom. The number of hydrogen-bond donors (Lipinski definition) is 8. The van der Waals surface area contributed by atoms with Gasteiger partial charge >= 0.3 is 11.9 Å². The molecule has 0 radical (unpaired) electrons. The number of nitrogens with one attached hydrogen (secondary N) is 1. The van der Waals surface area contributed by atoms with E-state index in [1.165, 1.54) is 0 Å². The Hall–Kier alpha value is -5.30. The molecule has 3 aromatic rings. The summed E-state index contributed by atoms with van der Waals surface area (Å²) < 4.78 is 0. The molecule has 0 bridgehead atoms. The van der Waals surface area contributed by atoms with E-state index in [-0.39, 0.29) is 22.0 Å². The number of carbonyl (C=O) groups is 4. The summed E-state index contributed by atoms with van der Waals surface area (Å²) in [4.78, 5) is 47.3. The van der Waals surface area contributed by atoms with Gasteiger partial charge in [-0.25, -0.2) is 9.59 Å². The van der Waals surface area contributed by atoms with Crippen LogP contribution in [0.2, 0.25) is 0 Å². The van der Waals surface area contributed by atoms with Gasteiger partial charge in [0.05, 0.1) is 11.4 Å². The summed E-state index contributed by atoms with van der Waals surface area (Å²) in [5.74, 6) is -7.83. The molecule has 0 saturated heterocycles. The number of phenolic OH excluding ortho intramolecular Hbond substituents is 2. The highest BCUT2D eigenvalue weighted by Crippen LogP contribution is 2.32. The van der Waals surface area contributed by atoms with Gasteiger partial charge in [-0.15, -0.1) is 0 Å². The molecular formula is C22H16N2O11. The van der Waals surface area contributed by atoms with Crippen molar-refractivity contribution in [3.63, 3.8) is 0 Å². The summed E-state index contributed by atoms with van der Waals surface area (Å²) in [5.41, 5.74) is -2.50. The fourth-order valence-electron chi connectivity index (χ4n) is 2.98. The molecule has 0 aliphatic rings. The molecule has 0 unspecified atom stereocenters. The quantitative estimate of drug-likeness (QED) is 0.109. The normalized spacial score (nSPS) is 10.4. The highest BCUT2D eigenvalue weighted by atomic mass is 16.5. The van der Waals surface area contributed by atoms with Gasteiger partial charge in [0.2, 0.25) is 0 Å². The Bertz CT molecular complexity index is 1380. The van der Waals surface area contributed by atoms with Crippen molar-refractivity contribution in [2.45, 2.75) is 0 Å². The summed E-state index contributed by atoms with van der Waals surface area (Å²) in [5, 5.41) is 69.8. The molecule has 2 amide bonds. The molecule has 0 fully saturated rings. The van der Waals surface area contributed by atoms with Gasteiger partial charge in [0, 0.05) is 29.3 Å². The summed E-state index contributed by atoms with van der Waals surface area (Å²) >= 11 is 0. The molecule has 35 heavy (non-hydrogen) atoms. The number of anilines is 2. The smallest absolute Gasteiger partial charge is 0.339 e. The van der Waals surface area contributed by atoms with Crippen molar-refractivity contribution in [3.05, 3.63) is 70.8 Å². The number of hydrogen-bond acceptors (Lipinski definition) is 9. The molecule has 180 valence electrons. The van der Waals surface area contributed by atoms with Crippen LogP contribution in [0.1, 0.15) is 41.4 Å². The van der Waals surface area contributed by atoms with Crippen molar-refractivity contribution in [3.8, 4) is 23.0 Å². The van der Waals surface area contributed by atoms with Crippen LogP contribution >= 0.6 is 0 Å². The molecule has 0 aliphatic carbocycles. The number of hydroxylamine groups is 1. The SMILES string of the molecule is O=C(Nc1cc(O)c(C(=O)O)cc1O)c1cc(O)cc(C(=O)N(O)c2ccc(C(=O)O)c(O)c2)c1. The third-order valence-corrected chi connectivity index (χ3v) is 4.67. The number of carbonyl (C=O) groups excluding carboxylic acids is 2. The van der Waals surface area contributed by atoms with Crippen molar-refractivity contribution < 1.29 is 55.0 Å². The monoisotopic (exact) mass is 484 g/mol. The number of benzene rings is 3. The van der Waals surface area contributed by atoms with Gasteiger partial charge in [0.1, 0.15) is 34.1 Å². The van der Waals surface area contributed by atoms with E-state index < -0.39 is 63.4 Å². The standard InChI is InChI=1S/C22H16N2O11/c25-12-4-9(19(29)23-15-8-17(27)14(22(33)34)7-18(15)28)3-10(5-12)20(30)24(35)11-1-2-13(21(31)32)16(26)6-11/h1-8,25-28,35H,(H,23,29)(H,31,32)(H,33,34). The minimum Gasteiger partial charge on any atom is -0.508 e. The second-order valence-corrected chi connectivity index (χ2v) is 7.04. The maximum Gasteiger partial charge on any atom is 0.339 e. The molecule has 0 spiro atoms. The molecule has 3 rings (SSSR count). The van der Waals surface area contributed by atoms with Gasteiger partial charge in [-0.3, -0.25) is 14.8 Å². The average Bonchev–Trinajstić information content (AvgIpc) is 2.79. The fraction of sp³-hybridized carbons (Fsp3) is 0. The van der Waals surface area contributed by atoms with E-state index in [0.29, 0.717) is 6.07 Å². The van der Waals surface area contributed by atoms with Gasteiger partial charge in [-0.1, -0.05) is 0 Å². The number of carboxylic acids is 2. The zero-order valence-corrected chi connectivity index (χ0v) is 17.3. The first-order valence-corrected chi connectivity index (χ1v) is 9.43. The first-order chi connectivity index (χ1) is 16.4. The number of rotatable bonds is 6. The molecule has 13 heteroatoms. The second kappa shape index (κ2) is 9.29. The van der Waals surface area contributed by atoms with Crippen LogP contribution in [0, 0.1) is 0 Å². The van der Waals surface area contributed by atoms with Crippen LogP contribution in [0.3, 0.4) is 0 Å². The maximum absolute atomic E-state index is 12.7. The molecule has 0 saturated carbocycles. The number of aromatic hydroxyl groups is 4. The lowest BCUT2D eigenvalue weighted by Crippen LogP contribution is -2.27. The highest BCUT2D eigenvalue weighted by molar-refractivity contribution is 6.10. The highest BCUT2D eigenvalue weighted by Gasteiger charge is 2.22. The predicted octanol–water partition coefficient (Wildman–Crippen LogP) is 2.19. The Morgan fingerprint density at radius 2 is 1.29 bits per heavy atom. The van der Waals surface area contributed by atoms with Crippen LogP contribution in [0.15, 0.2) is 48.5 Å². The van der Waals surface area contributed by atoms with Gasteiger partial charge in [-0.05, 0) is 30.3 Å². The molecule has 8 N–H and O–H groups in total. The first-order valence-electron chi connectivity index (χ1n) is 9.43. The summed E-state index contributed by atoms with van der Waals surface area (Å²) in [6, 6.07) is 7.12. The third-order valence-electron chi connectivity index (χ3n) is 4.67. The van der Waals surface area contributed by atoms with E-state index in [1.54, 1.807) is 0 Å². The average molecular weight is 484 g/mol.